The van der Waals surface area contributed by atoms with E-state index in [1.54, 1.807) is 0 Å². The number of nitrogens with zero attached hydrogens (tertiary/aromatic N) is 1. The predicted octanol–water partition coefficient (Wildman–Crippen LogP) is 0.181. The highest BCUT2D eigenvalue weighted by molar-refractivity contribution is 8.13. The van der Waals surface area contributed by atoms with E-state index >= 15 is 0 Å². The standard InChI is InChI=1S/C11H16ClN3O5S/c1-7-9(21(12,17)18)8(15-14-7)10(16)13-5-11(19-2)3-4-20-6-11/h3-6H2,1-2H3,(H,13,16)(H,14,15). The first-order valence-corrected chi connectivity index (χ1v) is 8.51. The van der Waals surface area contributed by atoms with E-state index in [0.717, 1.165) is 0 Å². The van der Waals surface area contributed by atoms with Crippen LogP contribution in [0.3, 0.4) is 0 Å². The highest BCUT2D eigenvalue weighted by Gasteiger charge is 2.36. The van der Waals surface area contributed by atoms with E-state index in [0.29, 0.717) is 19.6 Å². The summed E-state index contributed by atoms with van der Waals surface area (Å²) in [6.07, 6.45) is 0.643. The van der Waals surface area contributed by atoms with Crippen molar-refractivity contribution in [1.29, 1.82) is 0 Å². The third-order valence-electron chi connectivity index (χ3n) is 3.42. The molecule has 1 atom stereocenters. The number of halogens is 1. The second kappa shape index (κ2) is 5.91. The Hall–Kier alpha value is -1.16. The lowest BCUT2D eigenvalue weighted by Crippen LogP contribution is -2.45. The molecule has 0 spiro atoms. The number of hydrogen-bond donors (Lipinski definition) is 2. The lowest BCUT2D eigenvalue weighted by Gasteiger charge is -2.25. The summed E-state index contributed by atoms with van der Waals surface area (Å²) < 4.78 is 33.6. The molecule has 0 saturated carbocycles. The minimum atomic E-state index is -4.06. The molecule has 0 radical (unpaired) electrons. The van der Waals surface area contributed by atoms with E-state index in [1.807, 2.05) is 0 Å². The fourth-order valence-electron chi connectivity index (χ4n) is 2.16. The summed E-state index contributed by atoms with van der Waals surface area (Å²) in [5.41, 5.74) is -0.644. The first-order valence-electron chi connectivity index (χ1n) is 6.20. The van der Waals surface area contributed by atoms with Gasteiger partial charge in [-0.1, -0.05) is 0 Å². The fraction of sp³-hybridized carbons (Fsp3) is 0.636. The molecule has 1 amide bonds. The molecule has 118 valence electrons. The number of aromatic nitrogens is 2. The molecular formula is C11H16ClN3O5S. The average molecular weight is 338 g/mol. The molecule has 2 N–H and O–H groups in total. The van der Waals surface area contributed by atoms with Crippen LogP contribution in [-0.2, 0) is 18.5 Å². The minimum absolute atomic E-state index is 0.190. The van der Waals surface area contributed by atoms with Gasteiger partial charge >= 0.3 is 0 Å². The Kier molecular flexibility index (Phi) is 4.57. The number of methoxy groups -OCH3 is 1. The first-order chi connectivity index (χ1) is 9.79. The Morgan fingerprint density at radius 1 is 1.62 bits per heavy atom. The summed E-state index contributed by atoms with van der Waals surface area (Å²) in [7, 11) is 2.80. The van der Waals surface area contributed by atoms with Gasteiger partial charge in [0.05, 0.1) is 12.3 Å². The highest BCUT2D eigenvalue weighted by Crippen LogP contribution is 2.23. The van der Waals surface area contributed by atoms with Crippen LogP contribution in [0, 0.1) is 6.92 Å². The van der Waals surface area contributed by atoms with Gasteiger partial charge in [0.25, 0.3) is 15.0 Å². The Morgan fingerprint density at radius 3 is 2.86 bits per heavy atom. The minimum Gasteiger partial charge on any atom is -0.378 e. The van der Waals surface area contributed by atoms with Gasteiger partial charge in [-0.2, -0.15) is 5.10 Å². The molecule has 1 aromatic heterocycles. The number of ether oxygens (including phenoxy) is 2. The van der Waals surface area contributed by atoms with Crippen LogP contribution >= 0.6 is 10.7 Å². The first kappa shape index (κ1) is 16.2. The predicted molar refractivity (Wildman–Crippen MR) is 73.9 cm³/mol. The molecule has 10 heteroatoms. The fourth-order valence-corrected chi connectivity index (χ4v) is 3.50. The number of H-pyrrole nitrogens is 1. The van der Waals surface area contributed by atoms with Crippen LogP contribution in [0.2, 0.25) is 0 Å². The zero-order valence-electron chi connectivity index (χ0n) is 11.6. The van der Waals surface area contributed by atoms with Gasteiger partial charge in [-0.3, -0.25) is 9.89 Å². The van der Waals surface area contributed by atoms with Crippen LogP contribution in [0.5, 0.6) is 0 Å². The molecule has 2 rings (SSSR count). The number of rotatable bonds is 5. The summed E-state index contributed by atoms with van der Waals surface area (Å²) in [4.78, 5) is 11.8. The lowest BCUT2D eigenvalue weighted by molar-refractivity contribution is -0.0149. The zero-order valence-corrected chi connectivity index (χ0v) is 13.2. The molecule has 0 bridgehead atoms. The smallest absolute Gasteiger partial charge is 0.273 e. The zero-order chi connectivity index (χ0) is 15.7. The Bertz CT molecular complexity index is 636. The van der Waals surface area contributed by atoms with Gasteiger partial charge in [-0.25, -0.2) is 8.42 Å². The molecule has 21 heavy (non-hydrogen) atoms. The normalized spacial score (nSPS) is 22.4. The molecular weight excluding hydrogens is 322 g/mol. The third-order valence-corrected chi connectivity index (χ3v) is 4.87. The average Bonchev–Trinajstić information content (AvgIpc) is 3.02. The van der Waals surface area contributed by atoms with Crippen LogP contribution in [0.4, 0.5) is 0 Å². The molecule has 0 aliphatic carbocycles. The second-order valence-corrected chi connectivity index (χ2v) is 7.34. The maximum Gasteiger partial charge on any atom is 0.273 e. The van der Waals surface area contributed by atoms with Gasteiger partial charge in [-0.05, 0) is 6.92 Å². The quantitative estimate of drug-likeness (QED) is 0.742. The van der Waals surface area contributed by atoms with Crippen LogP contribution in [-0.4, -0.2) is 57.0 Å². The van der Waals surface area contributed by atoms with Crippen molar-refractivity contribution in [2.75, 3.05) is 26.9 Å². The Morgan fingerprint density at radius 2 is 2.33 bits per heavy atom. The number of carbonyl (C=O) groups is 1. The summed E-state index contributed by atoms with van der Waals surface area (Å²) >= 11 is 0. The van der Waals surface area contributed by atoms with Gasteiger partial charge in [0.2, 0.25) is 0 Å². The number of hydrogen-bond acceptors (Lipinski definition) is 6. The van der Waals surface area contributed by atoms with Crippen molar-refractivity contribution in [3.8, 4) is 0 Å². The number of nitrogens with one attached hydrogen (secondary N) is 2. The van der Waals surface area contributed by atoms with Crippen LogP contribution in [0.1, 0.15) is 22.6 Å². The third kappa shape index (κ3) is 3.37. The van der Waals surface area contributed by atoms with E-state index in [1.165, 1.54) is 14.0 Å². The molecule has 1 unspecified atom stereocenters. The van der Waals surface area contributed by atoms with Gasteiger partial charge in [0.15, 0.2) is 5.69 Å². The Balaban J connectivity index is 2.15. The van der Waals surface area contributed by atoms with E-state index in [-0.39, 0.29) is 22.8 Å². The number of aromatic amines is 1. The largest absolute Gasteiger partial charge is 0.378 e. The molecule has 2 heterocycles. The van der Waals surface area contributed by atoms with E-state index in [4.69, 9.17) is 20.2 Å². The maximum absolute atomic E-state index is 12.1. The van der Waals surface area contributed by atoms with Crippen molar-refractivity contribution >= 4 is 25.6 Å². The van der Waals surface area contributed by atoms with Gasteiger partial charge < -0.3 is 14.8 Å². The Labute approximate surface area is 126 Å². The number of amides is 1. The van der Waals surface area contributed by atoms with Gasteiger partial charge in [-0.15, -0.1) is 0 Å². The van der Waals surface area contributed by atoms with Crippen molar-refractivity contribution in [1.82, 2.24) is 15.5 Å². The van der Waals surface area contributed by atoms with Gasteiger partial charge in [0, 0.05) is 37.4 Å². The van der Waals surface area contributed by atoms with Crippen LogP contribution in [0.25, 0.3) is 0 Å². The van der Waals surface area contributed by atoms with Crippen molar-refractivity contribution in [3.05, 3.63) is 11.4 Å². The van der Waals surface area contributed by atoms with Crippen molar-refractivity contribution < 1.29 is 22.7 Å². The topological polar surface area (TPSA) is 110 Å². The lowest BCUT2D eigenvalue weighted by atomic mass is 10.0. The molecule has 0 aromatic carbocycles. The summed E-state index contributed by atoms with van der Waals surface area (Å²) in [6, 6.07) is 0. The number of carbonyl (C=O) groups excluding carboxylic acids is 1. The summed E-state index contributed by atoms with van der Waals surface area (Å²) in [6.45, 7) is 2.58. The molecule has 1 fully saturated rings. The van der Waals surface area contributed by atoms with Crippen LogP contribution in [0.15, 0.2) is 4.90 Å². The molecule has 1 saturated heterocycles. The summed E-state index contributed by atoms with van der Waals surface area (Å²) in [5, 5.41) is 8.76. The molecule has 1 aliphatic rings. The maximum atomic E-state index is 12.1. The van der Waals surface area contributed by atoms with Gasteiger partial charge in [0.1, 0.15) is 10.5 Å². The molecule has 1 aliphatic heterocycles. The summed E-state index contributed by atoms with van der Waals surface area (Å²) in [5.74, 6) is -0.637. The molecule has 8 nitrogen and oxygen atoms in total. The van der Waals surface area contributed by atoms with Crippen molar-refractivity contribution in [3.63, 3.8) is 0 Å². The van der Waals surface area contributed by atoms with Crippen LogP contribution < -0.4 is 5.32 Å². The number of aryl methyl sites for hydroxylation is 1. The van der Waals surface area contributed by atoms with Crippen molar-refractivity contribution in [2.45, 2.75) is 23.8 Å². The highest BCUT2D eigenvalue weighted by atomic mass is 35.7. The van der Waals surface area contributed by atoms with E-state index in [2.05, 4.69) is 15.5 Å². The second-order valence-electron chi connectivity index (χ2n) is 4.84. The monoisotopic (exact) mass is 337 g/mol. The SMILES string of the molecule is COC1(CNC(=O)c2n[nH]c(C)c2S(=O)(=O)Cl)CCOC1. The molecule has 1 aromatic rings. The van der Waals surface area contributed by atoms with E-state index < -0.39 is 20.6 Å². The van der Waals surface area contributed by atoms with Crippen molar-refractivity contribution in [2.24, 2.45) is 0 Å². The van der Waals surface area contributed by atoms with E-state index in [9.17, 15) is 13.2 Å².